The molecule has 0 aromatic heterocycles. The van der Waals surface area contributed by atoms with Crippen molar-refractivity contribution in [3.05, 3.63) is 29.3 Å². The van der Waals surface area contributed by atoms with Crippen molar-refractivity contribution >= 4 is 11.6 Å². The molecule has 0 fully saturated rings. The van der Waals surface area contributed by atoms with Crippen LogP contribution in [0.3, 0.4) is 0 Å². The number of aliphatic hydroxyl groups excluding tert-OH is 1. The molecule has 0 aliphatic carbocycles. The minimum Gasteiger partial charge on any atom is -0.388 e. The summed E-state index contributed by atoms with van der Waals surface area (Å²) in [5, 5.41) is 9.98. The van der Waals surface area contributed by atoms with E-state index in [1.807, 2.05) is 36.9 Å². The Morgan fingerprint density at radius 1 is 1.53 bits per heavy atom. The highest BCUT2D eigenvalue weighted by Crippen LogP contribution is 2.34. The average Bonchev–Trinajstić information content (AvgIpc) is 2.30. The minimum atomic E-state index is -0.435. The standard InChI is InChI=1S/C14H19NO2/c1-3-4-14(17)15-8-7-13(16)11-9-10(2)5-6-12(11)15/h5-6,9,13,16H,3-4,7-8H2,1-2H3. The number of carbonyl (C=O) groups excluding carboxylic acids is 1. The number of fused-ring (bicyclic) bond motifs is 1. The van der Waals surface area contributed by atoms with Crippen LogP contribution in [-0.2, 0) is 4.79 Å². The second-order valence-corrected chi connectivity index (χ2v) is 4.66. The smallest absolute Gasteiger partial charge is 0.226 e. The van der Waals surface area contributed by atoms with Gasteiger partial charge in [-0.3, -0.25) is 4.79 Å². The average molecular weight is 233 g/mol. The molecule has 1 amide bonds. The van der Waals surface area contributed by atoms with Gasteiger partial charge in [-0.25, -0.2) is 0 Å². The Morgan fingerprint density at radius 2 is 2.29 bits per heavy atom. The number of rotatable bonds is 2. The van der Waals surface area contributed by atoms with Crippen LogP contribution in [0.25, 0.3) is 0 Å². The molecule has 1 aromatic carbocycles. The van der Waals surface area contributed by atoms with Crippen molar-refractivity contribution in [1.82, 2.24) is 0 Å². The van der Waals surface area contributed by atoms with Crippen molar-refractivity contribution in [3.8, 4) is 0 Å². The number of amides is 1. The van der Waals surface area contributed by atoms with Crippen LogP contribution in [0.5, 0.6) is 0 Å². The first kappa shape index (κ1) is 12.1. The highest BCUT2D eigenvalue weighted by atomic mass is 16.3. The second-order valence-electron chi connectivity index (χ2n) is 4.66. The number of hydrogen-bond donors (Lipinski definition) is 1. The van der Waals surface area contributed by atoms with Crippen LogP contribution in [-0.4, -0.2) is 17.6 Å². The van der Waals surface area contributed by atoms with Crippen LogP contribution in [0.4, 0.5) is 5.69 Å². The number of aryl methyl sites for hydroxylation is 1. The molecule has 0 bridgehead atoms. The van der Waals surface area contributed by atoms with E-state index in [1.165, 1.54) is 0 Å². The molecule has 1 N–H and O–H groups in total. The van der Waals surface area contributed by atoms with E-state index >= 15 is 0 Å². The van der Waals surface area contributed by atoms with E-state index in [0.717, 1.165) is 23.2 Å². The van der Waals surface area contributed by atoms with Crippen molar-refractivity contribution in [2.45, 2.75) is 39.2 Å². The molecule has 1 atom stereocenters. The van der Waals surface area contributed by atoms with Gasteiger partial charge in [0.1, 0.15) is 0 Å². The fourth-order valence-corrected chi connectivity index (χ4v) is 2.32. The van der Waals surface area contributed by atoms with Crippen molar-refractivity contribution in [3.63, 3.8) is 0 Å². The third kappa shape index (κ3) is 2.34. The molecule has 0 spiro atoms. The zero-order chi connectivity index (χ0) is 12.4. The molecule has 1 heterocycles. The Balaban J connectivity index is 2.35. The molecule has 3 heteroatoms. The Bertz CT molecular complexity index is 428. The summed E-state index contributed by atoms with van der Waals surface area (Å²) in [6, 6.07) is 5.91. The molecule has 0 saturated heterocycles. The molecule has 0 saturated carbocycles. The van der Waals surface area contributed by atoms with Crippen molar-refractivity contribution in [2.75, 3.05) is 11.4 Å². The summed E-state index contributed by atoms with van der Waals surface area (Å²) >= 11 is 0. The molecule has 3 nitrogen and oxygen atoms in total. The van der Waals surface area contributed by atoms with Gasteiger partial charge in [-0.05, 0) is 25.8 Å². The SMILES string of the molecule is CCCC(=O)N1CCC(O)c2cc(C)ccc21. The van der Waals surface area contributed by atoms with E-state index in [2.05, 4.69) is 0 Å². The van der Waals surface area contributed by atoms with Gasteiger partial charge in [0.2, 0.25) is 5.91 Å². The summed E-state index contributed by atoms with van der Waals surface area (Å²) in [4.78, 5) is 13.8. The lowest BCUT2D eigenvalue weighted by molar-refractivity contribution is -0.118. The van der Waals surface area contributed by atoms with Crippen LogP contribution in [0.15, 0.2) is 18.2 Å². The van der Waals surface area contributed by atoms with E-state index in [4.69, 9.17) is 0 Å². The number of aliphatic hydroxyl groups is 1. The summed E-state index contributed by atoms with van der Waals surface area (Å²) in [6.07, 6.45) is 1.63. The predicted octanol–water partition coefficient (Wildman–Crippen LogP) is 2.57. The molecule has 2 rings (SSSR count). The number of benzene rings is 1. The molecule has 1 aliphatic heterocycles. The fraction of sp³-hybridized carbons (Fsp3) is 0.500. The third-order valence-corrected chi connectivity index (χ3v) is 3.22. The van der Waals surface area contributed by atoms with Crippen molar-refractivity contribution in [2.24, 2.45) is 0 Å². The lowest BCUT2D eigenvalue weighted by Crippen LogP contribution is -2.36. The number of anilines is 1. The number of carbonyl (C=O) groups is 1. The minimum absolute atomic E-state index is 0.157. The first-order valence-corrected chi connectivity index (χ1v) is 6.22. The lowest BCUT2D eigenvalue weighted by Gasteiger charge is -2.32. The lowest BCUT2D eigenvalue weighted by atomic mass is 9.96. The summed E-state index contributed by atoms with van der Waals surface area (Å²) in [5.41, 5.74) is 2.89. The molecule has 1 unspecified atom stereocenters. The Labute approximate surface area is 102 Å². The van der Waals surface area contributed by atoms with Gasteiger partial charge in [0.05, 0.1) is 6.10 Å². The largest absolute Gasteiger partial charge is 0.388 e. The Hall–Kier alpha value is -1.35. The zero-order valence-electron chi connectivity index (χ0n) is 10.4. The van der Waals surface area contributed by atoms with E-state index in [0.29, 0.717) is 19.4 Å². The normalized spacial score (nSPS) is 19.0. The van der Waals surface area contributed by atoms with E-state index in [1.54, 1.807) is 0 Å². The van der Waals surface area contributed by atoms with Gasteiger partial charge in [-0.1, -0.05) is 24.6 Å². The highest BCUT2D eigenvalue weighted by Gasteiger charge is 2.26. The second kappa shape index (κ2) is 4.88. The van der Waals surface area contributed by atoms with Crippen molar-refractivity contribution < 1.29 is 9.90 Å². The van der Waals surface area contributed by atoms with Gasteiger partial charge < -0.3 is 10.0 Å². The predicted molar refractivity (Wildman–Crippen MR) is 68.0 cm³/mol. The van der Waals surface area contributed by atoms with Gasteiger partial charge in [0.15, 0.2) is 0 Å². The summed E-state index contributed by atoms with van der Waals surface area (Å²) in [7, 11) is 0. The van der Waals surface area contributed by atoms with Gasteiger partial charge in [-0.15, -0.1) is 0 Å². The Kier molecular flexibility index (Phi) is 3.48. The van der Waals surface area contributed by atoms with E-state index in [9.17, 15) is 9.90 Å². The number of hydrogen-bond acceptors (Lipinski definition) is 2. The van der Waals surface area contributed by atoms with Gasteiger partial charge in [-0.2, -0.15) is 0 Å². The van der Waals surface area contributed by atoms with E-state index < -0.39 is 6.10 Å². The van der Waals surface area contributed by atoms with E-state index in [-0.39, 0.29) is 5.91 Å². The zero-order valence-corrected chi connectivity index (χ0v) is 10.4. The Morgan fingerprint density at radius 3 is 3.00 bits per heavy atom. The summed E-state index contributed by atoms with van der Waals surface area (Å²) < 4.78 is 0. The van der Waals surface area contributed by atoms with Crippen LogP contribution >= 0.6 is 0 Å². The van der Waals surface area contributed by atoms with Crippen LogP contribution in [0, 0.1) is 6.92 Å². The monoisotopic (exact) mass is 233 g/mol. The fourth-order valence-electron chi connectivity index (χ4n) is 2.32. The van der Waals surface area contributed by atoms with Gasteiger partial charge in [0.25, 0.3) is 0 Å². The molecule has 17 heavy (non-hydrogen) atoms. The molecule has 1 aromatic rings. The summed E-state index contributed by atoms with van der Waals surface area (Å²) in [6.45, 7) is 4.63. The topological polar surface area (TPSA) is 40.5 Å². The third-order valence-electron chi connectivity index (χ3n) is 3.22. The van der Waals surface area contributed by atoms with Crippen LogP contribution in [0.2, 0.25) is 0 Å². The van der Waals surface area contributed by atoms with Crippen LogP contribution < -0.4 is 4.90 Å². The maximum atomic E-state index is 12.0. The highest BCUT2D eigenvalue weighted by molar-refractivity contribution is 5.94. The first-order chi connectivity index (χ1) is 8.13. The molecular formula is C14H19NO2. The van der Waals surface area contributed by atoms with Crippen LogP contribution in [0.1, 0.15) is 43.4 Å². The summed E-state index contributed by atoms with van der Waals surface area (Å²) in [5.74, 6) is 0.157. The molecular weight excluding hydrogens is 214 g/mol. The molecule has 92 valence electrons. The van der Waals surface area contributed by atoms with Gasteiger partial charge >= 0.3 is 0 Å². The van der Waals surface area contributed by atoms with Crippen molar-refractivity contribution in [1.29, 1.82) is 0 Å². The maximum absolute atomic E-state index is 12.0. The maximum Gasteiger partial charge on any atom is 0.226 e. The van der Waals surface area contributed by atoms with Gasteiger partial charge in [0, 0.05) is 24.2 Å². The molecule has 0 radical (unpaired) electrons. The first-order valence-electron chi connectivity index (χ1n) is 6.22. The number of nitrogens with zero attached hydrogens (tertiary/aromatic N) is 1. The molecule has 1 aliphatic rings. The quantitative estimate of drug-likeness (QED) is 0.852.